The first-order valence-electron chi connectivity index (χ1n) is 12.1. The van der Waals surface area contributed by atoms with Crippen LogP contribution in [-0.2, 0) is 4.79 Å². The van der Waals surface area contributed by atoms with E-state index < -0.39 is 0 Å². The smallest absolute Gasteiger partial charge is 0.226 e. The van der Waals surface area contributed by atoms with Gasteiger partial charge in [-0.3, -0.25) is 4.79 Å². The Morgan fingerprint density at radius 1 is 1.12 bits per heavy atom. The molecule has 1 aliphatic carbocycles. The molecule has 10 nitrogen and oxygen atoms in total. The minimum atomic E-state index is 0.165. The summed E-state index contributed by atoms with van der Waals surface area (Å²) >= 11 is 0. The quantitative estimate of drug-likeness (QED) is 0.419. The van der Waals surface area contributed by atoms with Crippen molar-refractivity contribution in [3.8, 4) is 11.3 Å². The Balaban J connectivity index is 1.20. The third-order valence-electron chi connectivity index (χ3n) is 7.13. The van der Waals surface area contributed by atoms with Gasteiger partial charge in [-0.25, -0.2) is 9.50 Å². The van der Waals surface area contributed by atoms with E-state index in [-0.39, 0.29) is 12.0 Å². The lowest BCUT2D eigenvalue weighted by atomic mass is 9.85. The first-order chi connectivity index (χ1) is 16.7. The number of rotatable bonds is 5. The van der Waals surface area contributed by atoms with Gasteiger partial charge in [0.15, 0.2) is 5.65 Å². The van der Waals surface area contributed by atoms with Crippen molar-refractivity contribution in [1.82, 2.24) is 34.4 Å². The van der Waals surface area contributed by atoms with Gasteiger partial charge in [-0.1, -0.05) is 0 Å². The summed E-state index contributed by atoms with van der Waals surface area (Å²) in [5.74, 6) is 1.86. The fraction of sp³-hybridized carbons (Fsp3) is 0.458. The Bertz CT molecular complexity index is 1330. The largest absolute Gasteiger partial charge is 0.372 e. The lowest BCUT2D eigenvalue weighted by molar-refractivity contribution is -0.135. The Morgan fingerprint density at radius 2 is 1.94 bits per heavy atom. The predicted molar refractivity (Wildman–Crippen MR) is 131 cm³/mol. The number of hydrogen-bond acceptors (Lipinski definition) is 7. The number of hydrogen-bond donors (Lipinski definition) is 3. The molecular weight excluding hydrogens is 430 g/mol. The van der Waals surface area contributed by atoms with Gasteiger partial charge in [0.2, 0.25) is 11.9 Å². The van der Waals surface area contributed by atoms with E-state index in [2.05, 4.69) is 30.6 Å². The van der Waals surface area contributed by atoms with Gasteiger partial charge in [-0.05, 0) is 50.7 Å². The van der Waals surface area contributed by atoms with Gasteiger partial charge >= 0.3 is 0 Å². The number of anilines is 2. The van der Waals surface area contributed by atoms with Crippen molar-refractivity contribution in [2.45, 2.75) is 44.6 Å². The van der Waals surface area contributed by atoms with E-state index in [1.165, 1.54) is 0 Å². The molecule has 5 heterocycles. The fourth-order valence-electron chi connectivity index (χ4n) is 5.30. The highest BCUT2D eigenvalue weighted by Gasteiger charge is 2.31. The zero-order valence-electron chi connectivity index (χ0n) is 19.3. The molecule has 6 rings (SSSR count). The number of carbonyl (C=O) groups is 1. The topological polar surface area (TPSA) is 116 Å². The Labute approximate surface area is 197 Å². The van der Waals surface area contributed by atoms with Crippen LogP contribution in [0.3, 0.4) is 0 Å². The molecule has 2 aliphatic rings. The molecule has 0 atom stereocenters. The molecule has 2 fully saturated rings. The second-order valence-corrected chi connectivity index (χ2v) is 9.25. The van der Waals surface area contributed by atoms with Gasteiger partial charge in [0.25, 0.3) is 0 Å². The zero-order valence-corrected chi connectivity index (χ0v) is 19.3. The Morgan fingerprint density at radius 3 is 2.74 bits per heavy atom. The molecule has 4 aromatic rings. The number of aromatic amines is 1. The number of amides is 1. The maximum atomic E-state index is 12.7. The van der Waals surface area contributed by atoms with Crippen LogP contribution < -0.4 is 10.6 Å². The molecule has 4 aromatic heterocycles. The van der Waals surface area contributed by atoms with Crippen molar-refractivity contribution in [1.29, 1.82) is 0 Å². The Hall–Kier alpha value is -3.69. The first kappa shape index (κ1) is 20.9. The molecule has 34 heavy (non-hydrogen) atoms. The summed E-state index contributed by atoms with van der Waals surface area (Å²) in [6.07, 6.45) is 11.5. The number of nitrogens with zero attached hydrogens (tertiary/aromatic N) is 6. The molecule has 1 saturated carbocycles. The normalized spacial score (nSPS) is 20.8. The van der Waals surface area contributed by atoms with Crippen molar-refractivity contribution in [3.63, 3.8) is 0 Å². The number of fused-ring (bicyclic) bond motifs is 2. The van der Waals surface area contributed by atoms with Crippen LogP contribution in [0.15, 0.2) is 30.7 Å². The van der Waals surface area contributed by atoms with Crippen LogP contribution in [0.1, 0.15) is 38.5 Å². The van der Waals surface area contributed by atoms with E-state index in [4.69, 9.17) is 9.97 Å². The summed E-state index contributed by atoms with van der Waals surface area (Å²) in [5.41, 5.74) is 3.31. The van der Waals surface area contributed by atoms with Crippen molar-refractivity contribution in [2.75, 3.05) is 30.8 Å². The molecule has 0 radical (unpaired) electrons. The lowest BCUT2D eigenvalue weighted by Crippen LogP contribution is -2.37. The van der Waals surface area contributed by atoms with Crippen LogP contribution in [0.25, 0.3) is 27.9 Å². The van der Waals surface area contributed by atoms with Crippen molar-refractivity contribution >= 4 is 34.4 Å². The van der Waals surface area contributed by atoms with Gasteiger partial charge in [-0.15, -0.1) is 0 Å². The van der Waals surface area contributed by atoms with Crippen LogP contribution in [0.2, 0.25) is 0 Å². The monoisotopic (exact) mass is 459 g/mol. The maximum Gasteiger partial charge on any atom is 0.226 e. The molecule has 1 aliphatic heterocycles. The second kappa shape index (κ2) is 8.58. The van der Waals surface area contributed by atoms with Crippen LogP contribution in [-0.4, -0.2) is 66.5 Å². The molecular formula is C24H29N9O. The second-order valence-electron chi connectivity index (χ2n) is 9.25. The minimum absolute atomic E-state index is 0.165. The SMILES string of the molecule is CNc1nc(N[C@H]2CC[C@H](C(=O)N3CCCC3)CC2)nc2[nH]cc(-c3ccc4nccn4n3)c12. The zero-order chi connectivity index (χ0) is 23.1. The number of imidazole rings is 1. The Kier molecular flexibility index (Phi) is 5.27. The van der Waals surface area contributed by atoms with Gasteiger partial charge in [0, 0.05) is 56.3 Å². The molecule has 0 unspecified atom stereocenters. The first-order valence-corrected chi connectivity index (χ1v) is 12.1. The van der Waals surface area contributed by atoms with Crippen molar-refractivity contribution in [3.05, 3.63) is 30.7 Å². The van der Waals surface area contributed by atoms with E-state index in [1.807, 2.05) is 31.6 Å². The molecule has 0 spiro atoms. The van der Waals surface area contributed by atoms with E-state index >= 15 is 0 Å². The van der Waals surface area contributed by atoms with Crippen LogP contribution in [0, 0.1) is 5.92 Å². The van der Waals surface area contributed by atoms with Crippen molar-refractivity contribution in [2.24, 2.45) is 5.92 Å². The van der Waals surface area contributed by atoms with Gasteiger partial charge < -0.3 is 20.5 Å². The lowest BCUT2D eigenvalue weighted by Gasteiger charge is -2.30. The van der Waals surface area contributed by atoms with Gasteiger partial charge in [0.05, 0.1) is 11.1 Å². The molecule has 1 amide bonds. The summed E-state index contributed by atoms with van der Waals surface area (Å²) < 4.78 is 1.76. The predicted octanol–water partition coefficient (Wildman–Crippen LogP) is 3.30. The summed E-state index contributed by atoms with van der Waals surface area (Å²) in [5, 5.41) is 12.3. The van der Waals surface area contributed by atoms with Crippen LogP contribution in [0.4, 0.5) is 11.8 Å². The van der Waals surface area contributed by atoms with E-state index in [1.54, 1.807) is 10.7 Å². The van der Waals surface area contributed by atoms with Crippen LogP contribution in [0.5, 0.6) is 0 Å². The number of H-pyrrole nitrogens is 1. The summed E-state index contributed by atoms with van der Waals surface area (Å²) in [4.78, 5) is 31.9. The molecule has 3 N–H and O–H groups in total. The number of likely N-dealkylation sites (tertiary alicyclic amines) is 1. The highest BCUT2D eigenvalue weighted by Crippen LogP contribution is 2.33. The number of aromatic nitrogens is 6. The maximum absolute atomic E-state index is 12.7. The average Bonchev–Trinajstić information content (AvgIpc) is 3.64. The molecule has 0 bridgehead atoms. The third kappa shape index (κ3) is 3.72. The fourth-order valence-corrected chi connectivity index (χ4v) is 5.30. The van der Waals surface area contributed by atoms with E-state index in [0.717, 1.165) is 85.4 Å². The average molecular weight is 460 g/mol. The van der Waals surface area contributed by atoms with Gasteiger partial charge in [-0.2, -0.15) is 15.1 Å². The highest BCUT2D eigenvalue weighted by molar-refractivity contribution is 6.00. The standard InChI is InChI=1S/C24H29N9O/c1-25-21-20-17(18-8-9-19-26-10-13-33(19)31-18)14-27-22(20)30-24(29-21)28-16-6-4-15(5-7-16)23(34)32-11-2-3-12-32/h8-10,13-16H,2-7,11-12H2,1H3,(H3,25,27,28,29,30)/t15-,16-. The van der Waals surface area contributed by atoms with Crippen LogP contribution >= 0.6 is 0 Å². The minimum Gasteiger partial charge on any atom is -0.372 e. The molecule has 176 valence electrons. The molecule has 0 aromatic carbocycles. The molecule has 10 heteroatoms. The third-order valence-corrected chi connectivity index (χ3v) is 7.13. The van der Waals surface area contributed by atoms with E-state index in [9.17, 15) is 4.79 Å². The number of nitrogens with one attached hydrogen (secondary N) is 3. The summed E-state index contributed by atoms with van der Waals surface area (Å²) in [6.45, 7) is 1.86. The summed E-state index contributed by atoms with van der Waals surface area (Å²) in [7, 11) is 1.87. The summed E-state index contributed by atoms with van der Waals surface area (Å²) in [6, 6.07) is 4.17. The molecule has 1 saturated heterocycles. The number of carbonyl (C=O) groups excluding carboxylic acids is 1. The van der Waals surface area contributed by atoms with Gasteiger partial charge in [0.1, 0.15) is 11.5 Å². The highest BCUT2D eigenvalue weighted by atomic mass is 16.2. The van der Waals surface area contributed by atoms with Crippen molar-refractivity contribution < 1.29 is 4.79 Å². The van der Waals surface area contributed by atoms with E-state index in [0.29, 0.717) is 11.9 Å².